The SMILES string of the molecule is CC(C)(C)N=C(C(CO)c1ccccc1)N1CCCCC1. The van der Waals surface area contributed by atoms with Crippen LogP contribution in [0, 0.1) is 0 Å². The van der Waals surface area contributed by atoms with Crippen LogP contribution in [0.25, 0.3) is 0 Å². The molecule has 0 bridgehead atoms. The van der Waals surface area contributed by atoms with Crippen LogP contribution < -0.4 is 0 Å². The van der Waals surface area contributed by atoms with Crippen LogP contribution in [0.3, 0.4) is 0 Å². The second-order valence-corrected chi connectivity index (χ2v) is 6.83. The molecular formula is C18H28N2O. The van der Waals surface area contributed by atoms with Gasteiger partial charge < -0.3 is 10.0 Å². The number of nitrogens with zero attached hydrogens (tertiary/aromatic N) is 2. The Hall–Kier alpha value is -1.35. The van der Waals surface area contributed by atoms with Gasteiger partial charge in [0, 0.05) is 13.1 Å². The van der Waals surface area contributed by atoms with Crippen LogP contribution in [0.15, 0.2) is 35.3 Å². The minimum atomic E-state index is -0.130. The number of amidine groups is 1. The lowest BCUT2D eigenvalue weighted by Gasteiger charge is -2.35. The summed E-state index contributed by atoms with van der Waals surface area (Å²) in [5.74, 6) is 1.03. The van der Waals surface area contributed by atoms with Gasteiger partial charge in [0.2, 0.25) is 0 Å². The first-order valence-electron chi connectivity index (χ1n) is 8.02. The molecule has 1 aromatic carbocycles. The maximum Gasteiger partial charge on any atom is 0.109 e. The predicted molar refractivity (Wildman–Crippen MR) is 88.9 cm³/mol. The number of aliphatic imine (C=N–C) groups is 1. The van der Waals surface area contributed by atoms with Gasteiger partial charge in [0.1, 0.15) is 5.84 Å². The standard InChI is InChI=1S/C18H28N2O/c1-18(2,3)19-17(20-12-8-5-9-13-20)16(14-21)15-10-6-4-7-11-15/h4,6-7,10-11,16,21H,5,8-9,12-14H2,1-3H3. The van der Waals surface area contributed by atoms with Gasteiger partial charge in [-0.15, -0.1) is 0 Å². The monoisotopic (exact) mass is 288 g/mol. The zero-order chi connectivity index (χ0) is 15.3. The maximum atomic E-state index is 9.97. The molecule has 1 heterocycles. The predicted octanol–water partition coefficient (Wildman–Crippen LogP) is 3.45. The van der Waals surface area contributed by atoms with Crippen molar-refractivity contribution in [2.24, 2.45) is 4.99 Å². The van der Waals surface area contributed by atoms with Gasteiger partial charge in [-0.1, -0.05) is 30.3 Å². The molecule has 1 unspecified atom stereocenters. The quantitative estimate of drug-likeness (QED) is 0.683. The second kappa shape index (κ2) is 7.08. The van der Waals surface area contributed by atoms with Gasteiger partial charge in [0.05, 0.1) is 18.1 Å². The molecular weight excluding hydrogens is 260 g/mol. The zero-order valence-electron chi connectivity index (χ0n) is 13.5. The van der Waals surface area contributed by atoms with E-state index < -0.39 is 0 Å². The molecule has 0 aliphatic carbocycles. The summed E-state index contributed by atoms with van der Waals surface area (Å²) in [5, 5.41) is 9.97. The lowest BCUT2D eigenvalue weighted by molar-refractivity contribution is 0.268. The molecule has 1 fully saturated rings. The summed E-state index contributed by atoms with van der Waals surface area (Å²) in [6, 6.07) is 10.2. The largest absolute Gasteiger partial charge is 0.395 e. The molecule has 1 atom stereocenters. The summed E-state index contributed by atoms with van der Waals surface area (Å²) in [6.07, 6.45) is 3.74. The number of hydrogen-bond acceptors (Lipinski definition) is 2. The van der Waals surface area contributed by atoms with E-state index in [1.165, 1.54) is 19.3 Å². The molecule has 0 aromatic heterocycles. The summed E-state index contributed by atoms with van der Waals surface area (Å²) < 4.78 is 0. The Balaban J connectivity index is 2.35. The first-order valence-corrected chi connectivity index (χ1v) is 8.02. The van der Waals surface area contributed by atoms with E-state index in [4.69, 9.17) is 4.99 Å². The van der Waals surface area contributed by atoms with Crippen LogP contribution in [0.1, 0.15) is 51.5 Å². The van der Waals surface area contributed by atoms with Crippen molar-refractivity contribution in [3.63, 3.8) is 0 Å². The van der Waals surface area contributed by atoms with Crippen LogP contribution in [-0.2, 0) is 0 Å². The molecule has 3 nitrogen and oxygen atoms in total. The summed E-state index contributed by atoms with van der Waals surface area (Å²) in [5.41, 5.74) is 1.02. The molecule has 1 N–H and O–H groups in total. The molecule has 116 valence electrons. The third kappa shape index (κ3) is 4.57. The molecule has 21 heavy (non-hydrogen) atoms. The van der Waals surface area contributed by atoms with Crippen LogP contribution in [0.5, 0.6) is 0 Å². The number of aliphatic hydroxyl groups excluding tert-OH is 1. The Morgan fingerprint density at radius 2 is 1.76 bits per heavy atom. The first kappa shape index (κ1) is 16.0. The van der Waals surface area contributed by atoms with Gasteiger partial charge in [0.15, 0.2) is 0 Å². The van der Waals surface area contributed by atoms with Crippen molar-refractivity contribution in [1.82, 2.24) is 4.90 Å². The molecule has 1 aromatic rings. The van der Waals surface area contributed by atoms with Gasteiger partial charge in [-0.2, -0.15) is 0 Å². The Labute approximate surface area is 128 Å². The van der Waals surface area contributed by atoms with Gasteiger partial charge in [0.25, 0.3) is 0 Å². The smallest absolute Gasteiger partial charge is 0.109 e. The van der Waals surface area contributed by atoms with Crippen molar-refractivity contribution in [2.75, 3.05) is 19.7 Å². The van der Waals surface area contributed by atoms with E-state index in [-0.39, 0.29) is 18.1 Å². The summed E-state index contributed by atoms with van der Waals surface area (Å²) >= 11 is 0. The van der Waals surface area contributed by atoms with Crippen LogP contribution in [-0.4, -0.2) is 41.1 Å². The molecule has 1 aliphatic rings. The maximum absolute atomic E-state index is 9.97. The minimum Gasteiger partial charge on any atom is -0.395 e. The van der Waals surface area contributed by atoms with Crippen molar-refractivity contribution in [3.05, 3.63) is 35.9 Å². The second-order valence-electron chi connectivity index (χ2n) is 6.83. The fourth-order valence-electron chi connectivity index (χ4n) is 2.86. The van der Waals surface area contributed by atoms with Crippen LogP contribution in [0.4, 0.5) is 0 Å². The Kier molecular flexibility index (Phi) is 5.40. The number of likely N-dealkylation sites (tertiary alicyclic amines) is 1. The van der Waals surface area contributed by atoms with E-state index in [1.54, 1.807) is 0 Å². The highest BCUT2D eigenvalue weighted by Gasteiger charge is 2.26. The number of piperidine rings is 1. The number of benzene rings is 1. The number of hydrogen-bond donors (Lipinski definition) is 1. The number of rotatable bonds is 3. The van der Waals surface area contributed by atoms with E-state index in [0.717, 1.165) is 24.5 Å². The van der Waals surface area contributed by atoms with Crippen molar-refractivity contribution < 1.29 is 5.11 Å². The van der Waals surface area contributed by atoms with Crippen molar-refractivity contribution in [3.8, 4) is 0 Å². The Bertz CT molecular complexity index is 456. The summed E-state index contributed by atoms with van der Waals surface area (Å²) in [7, 11) is 0. The average Bonchev–Trinajstić information content (AvgIpc) is 2.48. The Morgan fingerprint density at radius 3 is 2.29 bits per heavy atom. The molecule has 1 saturated heterocycles. The fourth-order valence-corrected chi connectivity index (χ4v) is 2.86. The molecule has 0 saturated carbocycles. The van der Waals surface area contributed by atoms with Gasteiger partial charge in [-0.3, -0.25) is 4.99 Å². The molecule has 1 aliphatic heterocycles. The fraction of sp³-hybridized carbons (Fsp3) is 0.611. The highest BCUT2D eigenvalue weighted by atomic mass is 16.3. The summed E-state index contributed by atoms with van der Waals surface area (Å²) in [4.78, 5) is 7.34. The third-order valence-electron chi connectivity index (χ3n) is 3.83. The van der Waals surface area contributed by atoms with E-state index in [1.807, 2.05) is 18.2 Å². The molecule has 0 spiro atoms. The molecule has 0 amide bonds. The van der Waals surface area contributed by atoms with E-state index in [0.29, 0.717) is 0 Å². The average molecular weight is 288 g/mol. The van der Waals surface area contributed by atoms with Crippen molar-refractivity contribution in [1.29, 1.82) is 0 Å². The molecule has 2 rings (SSSR count). The lowest BCUT2D eigenvalue weighted by atomic mass is 9.95. The van der Waals surface area contributed by atoms with Gasteiger partial charge >= 0.3 is 0 Å². The first-order chi connectivity index (χ1) is 10.0. The third-order valence-corrected chi connectivity index (χ3v) is 3.83. The lowest BCUT2D eigenvalue weighted by Crippen LogP contribution is -2.41. The molecule has 0 radical (unpaired) electrons. The molecule has 3 heteroatoms. The normalized spacial score (nSPS) is 18.7. The highest BCUT2D eigenvalue weighted by molar-refractivity contribution is 5.89. The van der Waals surface area contributed by atoms with Gasteiger partial charge in [-0.05, 0) is 45.6 Å². The zero-order valence-corrected chi connectivity index (χ0v) is 13.5. The minimum absolute atomic E-state index is 0.0245. The Morgan fingerprint density at radius 1 is 1.14 bits per heavy atom. The topological polar surface area (TPSA) is 35.8 Å². The van der Waals surface area contributed by atoms with Gasteiger partial charge in [-0.25, -0.2) is 0 Å². The van der Waals surface area contributed by atoms with E-state index in [9.17, 15) is 5.11 Å². The van der Waals surface area contributed by atoms with Crippen LogP contribution in [0.2, 0.25) is 0 Å². The van der Waals surface area contributed by atoms with E-state index in [2.05, 4.69) is 37.8 Å². The number of aliphatic hydroxyl groups is 1. The van der Waals surface area contributed by atoms with Crippen LogP contribution >= 0.6 is 0 Å². The van der Waals surface area contributed by atoms with Crippen molar-refractivity contribution in [2.45, 2.75) is 51.5 Å². The highest BCUT2D eigenvalue weighted by Crippen LogP contribution is 2.24. The van der Waals surface area contributed by atoms with Crippen molar-refractivity contribution >= 4 is 5.84 Å². The summed E-state index contributed by atoms with van der Waals surface area (Å²) in [6.45, 7) is 8.58. The van der Waals surface area contributed by atoms with E-state index >= 15 is 0 Å².